The van der Waals surface area contributed by atoms with Gasteiger partial charge in [0, 0.05) is 6.07 Å². The highest BCUT2D eigenvalue weighted by Gasteiger charge is 1.98. The largest absolute Gasteiger partial charge is 0.384 e. The number of nitrogens with two attached hydrogens (primary N) is 1. The minimum absolute atomic E-state index is 0.398. The molecule has 0 radical (unpaired) electrons. The van der Waals surface area contributed by atoms with E-state index in [4.69, 9.17) is 17.3 Å². The lowest BCUT2D eigenvalue weighted by molar-refractivity contribution is 1.16. The molecule has 0 bridgehead atoms. The zero-order chi connectivity index (χ0) is 10.7. The number of hydrogen-bond acceptors (Lipinski definition) is 5. The maximum absolute atomic E-state index is 5.73. The van der Waals surface area contributed by atoms with Crippen molar-refractivity contribution in [2.45, 2.75) is 0 Å². The molecular formula is C9H8ClN5. The number of nitrogens with one attached hydrogen (secondary N) is 1. The summed E-state index contributed by atoms with van der Waals surface area (Å²) in [4.78, 5) is 11.8. The van der Waals surface area contributed by atoms with Crippen molar-refractivity contribution in [1.82, 2.24) is 15.0 Å². The van der Waals surface area contributed by atoms with E-state index in [0.717, 1.165) is 0 Å². The fourth-order valence-corrected chi connectivity index (χ4v) is 1.21. The van der Waals surface area contributed by atoms with Gasteiger partial charge in [-0.1, -0.05) is 17.7 Å². The fourth-order valence-electron chi connectivity index (χ4n) is 1.05. The van der Waals surface area contributed by atoms with E-state index in [1.54, 1.807) is 24.3 Å². The lowest BCUT2D eigenvalue weighted by atomic mass is 10.4. The number of anilines is 3. The van der Waals surface area contributed by atoms with Crippen molar-refractivity contribution < 1.29 is 0 Å². The number of nitrogens with zero attached hydrogens (tertiary/aromatic N) is 3. The monoisotopic (exact) mass is 221 g/mol. The Balaban J connectivity index is 2.22. The summed E-state index contributed by atoms with van der Waals surface area (Å²) in [6, 6.07) is 6.88. The minimum atomic E-state index is 0.398. The van der Waals surface area contributed by atoms with Gasteiger partial charge in [0.2, 0.25) is 0 Å². The van der Waals surface area contributed by atoms with Crippen LogP contribution in [-0.4, -0.2) is 15.0 Å². The SMILES string of the molecule is Nc1cc(Nc2cccc(Cl)n2)ncn1. The fraction of sp³-hybridized carbons (Fsp3) is 0. The number of hydrogen-bond donors (Lipinski definition) is 2. The third-order valence-corrected chi connectivity index (χ3v) is 1.87. The number of rotatable bonds is 2. The Morgan fingerprint density at radius 3 is 2.80 bits per heavy atom. The molecule has 2 aromatic heterocycles. The first-order chi connectivity index (χ1) is 7.24. The Morgan fingerprint density at radius 2 is 2.07 bits per heavy atom. The lowest BCUT2D eigenvalue weighted by Crippen LogP contribution is -1.98. The van der Waals surface area contributed by atoms with E-state index in [0.29, 0.717) is 22.6 Å². The molecule has 76 valence electrons. The molecule has 0 saturated heterocycles. The smallest absolute Gasteiger partial charge is 0.137 e. The van der Waals surface area contributed by atoms with Crippen LogP contribution >= 0.6 is 11.6 Å². The van der Waals surface area contributed by atoms with Crippen LogP contribution in [0.3, 0.4) is 0 Å². The van der Waals surface area contributed by atoms with Crippen molar-refractivity contribution in [2.24, 2.45) is 0 Å². The molecule has 0 aromatic carbocycles. The van der Waals surface area contributed by atoms with Gasteiger partial charge in [-0.05, 0) is 12.1 Å². The molecule has 5 nitrogen and oxygen atoms in total. The average molecular weight is 222 g/mol. The van der Waals surface area contributed by atoms with Gasteiger partial charge in [-0.2, -0.15) is 0 Å². The van der Waals surface area contributed by atoms with Crippen LogP contribution in [0.2, 0.25) is 5.15 Å². The van der Waals surface area contributed by atoms with E-state index in [-0.39, 0.29) is 0 Å². The lowest BCUT2D eigenvalue weighted by Gasteiger charge is -2.04. The second-order valence-electron chi connectivity index (χ2n) is 2.80. The van der Waals surface area contributed by atoms with E-state index in [1.165, 1.54) is 6.33 Å². The van der Waals surface area contributed by atoms with E-state index in [1.807, 2.05) is 0 Å². The predicted octanol–water partition coefficient (Wildman–Crippen LogP) is 1.85. The van der Waals surface area contributed by atoms with Crippen molar-refractivity contribution in [3.63, 3.8) is 0 Å². The van der Waals surface area contributed by atoms with Gasteiger partial charge in [0.1, 0.15) is 28.9 Å². The highest BCUT2D eigenvalue weighted by molar-refractivity contribution is 6.29. The minimum Gasteiger partial charge on any atom is -0.384 e. The molecule has 0 aliphatic carbocycles. The molecule has 0 fully saturated rings. The number of nitrogen functional groups attached to an aromatic ring is 1. The van der Waals surface area contributed by atoms with Crippen LogP contribution in [0, 0.1) is 0 Å². The van der Waals surface area contributed by atoms with Gasteiger partial charge in [0.25, 0.3) is 0 Å². The van der Waals surface area contributed by atoms with E-state index in [2.05, 4.69) is 20.3 Å². The van der Waals surface area contributed by atoms with Crippen LogP contribution in [0.4, 0.5) is 17.5 Å². The number of aromatic nitrogens is 3. The quantitative estimate of drug-likeness (QED) is 0.757. The highest BCUT2D eigenvalue weighted by atomic mass is 35.5. The Morgan fingerprint density at radius 1 is 1.20 bits per heavy atom. The van der Waals surface area contributed by atoms with Crippen LogP contribution in [-0.2, 0) is 0 Å². The molecule has 6 heteroatoms. The Labute approximate surface area is 91.3 Å². The normalized spacial score (nSPS) is 9.93. The van der Waals surface area contributed by atoms with Gasteiger partial charge in [-0.3, -0.25) is 0 Å². The molecule has 2 aromatic rings. The summed E-state index contributed by atoms with van der Waals surface area (Å²) in [6.45, 7) is 0. The zero-order valence-corrected chi connectivity index (χ0v) is 8.44. The molecule has 0 spiro atoms. The first-order valence-corrected chi connectivity index (χ1v) is 4.59. The van der Waals surface area contributed by atoms with Crippen LogP contribution in [0.5, 0.6) is 0 Å². The molecule has 0 unspecified atom stereocenters. The van der Waals surface area contributed by atoms with Crippen LogP contribution in [0.25, 0.3) is 0 Å². The topological polar surface area (TPSA) is 76.7 Å². The first-order valence-electron chi connectivity index (χ1n) is 4.21. The van der Waals surface area contributed by atoms with Crippen molar-refractivity contribution in [3.05, 3.63) is 35.7 Å². The molecule has 0 atom stereocenters. The Bertz CT molecular complexity index is 430. The molecular weight excluding hydrogens is 214 g/mol. The maximum atomic E-state index is 5.73. The number of halogens is 1. The summed E-state index contributed by atoms with van der Waals surface area (Å²) in [5.74, 6) is 1.59. The molecule has 0 aliphatic rings. The molecule has 0 saturated carbocycles. The molecule has 15 heavy (non-hydrogen) atoms. The molecule has 2 heterocycles. The van der Waals surface area contributed by atoms with Crippen molar-refractivity contribution in [3.8, 4) is 0 Å². The number of pyridine rings is 1. The maximum Gasteiger partial charge on any atom is 0.137 e. The first kappa shape index (κ1) is 9.67. The molecule has 2 rings (SSSR count). The summed E-state index contributed by atoms with van der Waals surface area (Å²) >= 11 is 5.73. The van der Waals surface area contributed by atoms with Gasteiger partial charge in [0.05, 0.1) is 0 Å². The second-order valence-corrected chi connectivity index (χ2v) is 3.19. The third kappa shape index (κ3) is 2.54. The van der Waals surface area contributed by atoms with Gasteiger partial charge in [-0.15, -0.1) is 0 Å². The molecule has 0 aliphatic heterocycles. The summed E-state index contributed by atoms with van der Waals surface area (Å²) in [5, 5.41) is 3.38. The summed E-state index contributed by atoms with van der Waals surface area (Å²) < 4.78 is 0. The van der Waals surface area contributed by atoms with E-state index < -0.39 is 0 Å². The third-order valence-electron chi connectivity index (χ3n) is 1.66. The summed E-state index contributed by atoms with van der Waals surface area (Å²) in [5.41, 5.74) is 5.50. The Hall–Kier alpha value is -1.88. The standard InChI is InChI=1S/C9H8ClN5/c10-6-2-1-3-8(14-6)15-9-4-7(11)12-5-13-9/h1-5H,(H3,11,12,13,14,15). The van der Waals surface area contributed by atoms with Gasteiger partial charge >= 0.3 is 0 Å². The van der Waals surface area contributed by atoms with Crippen LogP contribution < -0.4 is 11.1 Å². The van der Waals surface area contributed by atoms with E-state index >= 15 is 0 Å². The van der Waals surface area contributed by atoms with E-state index in [9.17, 15) is 0 Å². The van der Waals surface area contributed by atoms with Crippen LogP contribution in [0.1, 0.15) is 0 Å². The predicted molar refractivity (Wildman–Crippen MR) is 59.0 cm³/mol. The van der Waals surface area contributed by atoms with Crippen LogP contribution in [0.15, 0.2) is 30.6 Å². The molecule has 3 N–H and O–H groups in total. The summed E-state index contributed by atoms with van der Waals surface area (Å²) in [7, 11) is 0. The van der Waals surface area contributed by atoms with Gasteiger partial charge in [-0.25, -0.2) is 15.0 Å². The van der Waals surface area contributed by atoms with Crippen molar-refractivity contribution in [2.75, 3.05) is 11.1 Å². The second kappa shape index (κ2) is 4.10. The van der Waals surface area contributed by atoms with Crippen molar-refractivity contribution in [1.29, 1.82) is 0 Å². The van der Waals surface area contributed by atoms with Gasteiger partial charge < -0.3 is 11.1 Å². The zero-order valence-electron chi connectivity index (χ0n) is 7.68. The highest BCUT2D eigenvalue weighted by Crippen LogP contribution is 2.14. The molecule has 0 amide bonds. The Kier molecular flexibility index (Phi) is 2.64. The van der Waals surface area contributed by atoms with Crippen molar-refractivity contribution >= 4 is 29.1 Å². The summed E-state index contributed by atoms with van der Waals surface area (Å²) in [6.07, 6.45) is 1.38. The average Bonchev–Trinajstić information content (AvgIpc) is 2.17. The van der Waals surface area contributed by atoms with Gasteiger partial charge in [0.15, 0.2) is 0 Å².